The first-order valence-electron chi connectivity index (χ1n) is 6.86. The van der Waals surface area contributed by atoms with Gasteiger partial charge >= 0.3 is 5.69 Å². The van der Waals surface area contributed by atoms with Crippen LogP contribution in [0.25, 0.3) is 0 Å². The largest absolute Gasteiger partial charge is 0.497 e. The maximum absolute atomic E-state index is 12.0. The van der Waals surface area contributed by atoms with Crippen molar-refractivity contribution >= 4 is 23.4 Å². The van der Waals surface area contributed by atoms with Crippen molar-refractivity contribution in [2.45, 2.75) is 25.0 Å². The zero-order valence-corrected chi connectivity index (χ0v) is 13.3. The average Bonchev–Trinajstić information content (AvgIpc) is 2.86. The maximum atomic E-state index is 12.0. The molecule has 2 N–H and O–H groups in total. The first kappa shape index (κ1) is 16.2. The van der Waals surface area contributed by atoms with Gasteiger partial charge < -0.3 is 10.1 Å². The molecule has 1 aromatic carbocycles. The second-order valence-electron chi connectivity index (χ2n) is 4.53. The molecule has 8 heteroatoms. The summed E-state index contributed by atoms with van der Waals surface area (Å²) in [6.07, 6.45) is 0.822. The van der Waals surface area contributed by atoms with E-state index in [2.05, 4.69) is 15.5 Å². The molecule has 1 heterocycles. The van der Waals surface area contributed by atoms with E-state index in [1.165, 1.54) is 16.3 Å². The Labute approximate surface area is 132 Å². The molecule has 2 rings (SSSR count). The number of benzene rings is 1. The van der Waals surface area contributed by atoms with Crippen LogP contribution >= 0.6 is 11.8 Å². The molecule has 22 heavy (non-hydrogen) atoms. The number of rotatable bonds is 7. The van der Waals surface area contributed by atoms with Gasteiger partial charge in [-0.1, -0.05) is 24.8 Å². The zero-order valence-electron chi connectivity index (χ0n) is 12.5. The van der Waals surface area contributed by atoms with Crippen molar-refractivity contribution < 1.29 is 9.53 Å². The van der Waals surface area contributed by atoms with Crippen molar-refractivity contribution in [3.8, 4) is 5.75 Å². The van der Waals surface area contributed by atoms with E-state index in [1.54, 1.807) is 31.4 Å². The van der Waals surface area contributed by atoms with Crippen LogP contribution in [0, 0.1) is 0 Å². The van der Waals surface area contributed by atoms with Gasteiger partial charge in [0.15, 0.2) is 5.16 Å². The van der Waals surface area contributed by atoms with Gasteiger partial charge in [-0.3, -0.25) is 9.36 Å². The van der Waals surface area contributed by atoms with Gasteiger partial charge in [0.1, 0.15) is 5.75 Å². The van der Waals surface area contributed by atoms with Crippen molar-refractivity contribution in [1.29, 1.82) is 0 Å². The van der Waals surface area contributed by atoms with E-state index in [0.717, 1.165) is 6.42 Å². The van der Waals surface area contributed by atoms with E-state index in [9.17, 15) is 9.59 Å². The third-order valence-electron chi connectivity index (χ3n) is 2.86. The molecule has 0 saturated carbocycles. The molecule has 0 aliphatic heterocycles. The number of carbonyl (C=O) groups is 1. The minimum absolute atomic E-state index is 0.170. The van der Waals surface area contributed by atoms with Crippen molar-refractivity contribution in [1.82, 2.24) is 14.8 Å². The zero-order chi connectivity index (χ0) is 15.9. The highest BCUT2D eigenvalue weighted by Crippen LogP contribution is 2.18. The lowest BCUT2D eigenvalue weighted by Crippen LogP contribution is -2.18. The fourth-order valence-electron chi connectivity index (χ4n) is 1.86. The number of methoxy groups -OCH3 is 1. The predicted octanol–water partition coefficient (Wildman–Crippen LogP) is 1.72. The number of carbonyl (C=O) groups excluding carboxylic acids is 1. The fraction of sp³-hybridized carbons (Fsp3) is 0.357. The smallest absolute Gasteiger partial charge is 0.343 e. The molecule has 0 fully saturated rings. The van der Waals surface area contributed by atoms with Crippen LogP contribution in [-0.2, 0) is 11.3 Å². The Balaban J connectivity index is 1.94. The highest BCUT2D eigenvalue weighted by Gasteiger charge is 2.11. The molecule has 1 amide bonds. The second kappa shape index (κ2) is 7.69. The van der Waals surface area contributed by atoms with Crippen LogP contribution < -0.4 is 15.7 Å². The second-order valence-corrected chi connectivity index (χ2v) is 5.47. The fourth-order valence-corrected chi connectivity index (χ4v) is 2.63. The highest BCUT2D eigenvalue weighted by molar-refractivity contribution is 7.99. The van der Waals surface area contributed by atoms with Gasteiger partial charge in [0.25, 0.3) is 0 Å². The van der Waals surface area contributed by atoms with Crippen molar-refractivity contribution in [2.75, 3.05) is 18.2 Å². The number of amides is 1. The summed E-state index contributed by atoms with van der Waals surface area (Å²) in [7, 11) is 1.57. The molecule has 0 saturated heterocycles. The van der Waals surface area contributed by atoms with Gasteiger partial charge in [-0.25, -0.2) is 9.89 Å². The molecule has 0 bridgehead atoms. The first-order chi connectivity index (χ1) is 10.6. The van der Waals surface area contributed by atoms with E-state index in [-0.39, 0.29) is 17.3 Å². The summed E-state index contributed by atoms with van der Waals surface area (Å²) in [4.78, 5) is 23.5. The Morgan fingerprint density at radius 1 is 1.50 bits per heavy atom. The minimum Gasteiger partial charge on any atom is -0.497 e. The van der Waals surface area contributed by atoms with E-state index in [1.807, 2.05) is 6.92 Å². The average molecular weight is 322 g/mol. The summed E-state index contributed by atoms with van der Waals surface area (Å²) in [5.74, 6) is 0.678. The van der Waals surface area contributed by atoms with Crippen LogP contribution in [0.15, 0.2) is 34.2 Å². The summed E-state index contributed by atoms with van der Waals surface area (Å²) in [6.45, 7) is 2.55. The lowest BCUT2D eigenvalue weighted by molar-refractivity contribution is -0.113. The van der Waals surface area contributed by atoms with Crippen molar-refractivity contribution in [3.05, 3.63) is 34.7 Å². The Kier molecular flexibility index (Phi) is 5.65. The number of hydrogen-bond acceptors (Lipinski definition) is 5. The van der Waals surface area contributed by atoms with Gasteiger partial charge in [0.2, 0.25) is 5.91 Å². The molecule has 0 unspecified atom stereocenters. The third kappa shape index (κ3) is 4.14. The van der Waals surface area contributed by atoms with E-state index >= 15 is 0 Å². The van der Waals surface area contributed by atoms with Crippen LogP contribution in [0.3, 0.4) is 0 Å². The van der Waals surface area contributed by atoms with Gasteiger partial charge in [-0.2, -0.15) is 0 Å². The summed E-state index contributed by atoms with van der Waals surface area (Å²) >= 11 is 1.22. The SMILES string of the molecule is CCCn1c(SCC(=O)Nc2cccc(OC)c2)n[nH]c1=O. The number of aromatic amines is 1. The number of ether oxygens (including phenoxy) is 1. The number of hydrogen-bond donors (Lipinski definition) is 2. The van der Waals surface area contributed by atoms with Crippen molar-refractivity contribution in [3.63, 3.8) is 0 Å². The minimum atomic E-state index is -0.252. The Hall–Kier alpha value is -2.22. The van der Waals surface area contributed by atoms with Crippen LogP contribution in [0.1, 0.15) is 13.3 Å². The summed E-state index contributed by atoms with van der Waals surface area (Å²) in [5, 5.41) is 9.63. The molecule has 2 aromatic rings. The topological polar surface area (TPSA) is 89.0 Å². The number of thioether (sulfide) groups is 1. The Morgan fingerprint density at radius 2 is 2.32 bits per heavy atom. The first-order valence-corrected chi connectivity index (χ1v) is 7.84. The third-order valence-corrected chi connectivity index (χ3v) is 3.83. The standard InChI is InChI=1S/C14H18N4O3S/c1-3-7-18-13(20)16-17-14(18)22-9-12(19)15-10-5-4-6-11(8-10)21-2/h4-6,8H,3,7,9H2,1-2H3,(H,15,19)(H,16,20). The van der Waals surface area contributed by atoms with Gasteiger partial charge in [0, 0.05) is 18.3 Å². The van der Waals surface area contributed by atoms with E-state index in [0.29, 0.717) is 23.1 Å². The number of H-pyrrole nitrogens is 1. The molecule has 0 aliphatic carbocycles. The summed E-state index contributed by atoms with van der Waals surface area (Å²) in [6, 6.07) is 7.13. The Morgan fingerprint density at radius 3 is 3.05 bits per heavy atom. The molecule has 118 valence electrons. The summed E-state index contributed by atoms with van der Waals surface area (Å²) < 4.78 is 6.63. The van der Waals surface area contributed by atoms with Crippen LogP contribution in [0.4, 0.5) is 5.69 Å². The summed E-state index contributed by atoms with van der Waals surface area (Å²) in [5.41, 5.74) is 0.412. The number of nitrogens with one attached hydrogen (secondary N) is 2. The van der Waals surface area contributed by atoms with E-state index < -0.39 is 0 Å². The van der Waals surface area contributed by atoms with Gasteiger partial charge in [0.05, 0.1) is 12.9 Å². The molecular weight excluding hydrogens is 304 g/mol. The Bertz CT molecular complexity index is 695. The normalized spacial score (nSPS) is 10.5. The predicted molar refractivity (Wildman–Crippen MR) is 85.5 cm³/mol. The monoisotopic (exact) mass is 322 g/mol. The molecular formula is C14H18N4O3S. The molecule has 0 aliphatic rings. The molecule has 1 aromatic heterocycles. The van der Waals surface area contributed by atoms with Crippen LogP contribution in [-0.4, -0.2) is 33.5 Å². The van der Waals surface area contributed by atoms with E-state index in [4.69, 9.17) is 4.74 Å². The number of aromatic nitrogens is 3. The lowest BCUT2D eigenvalue weighted by atomic mass is 10.3. The van der Waals surface area contributed by atoms with Crippen molar-refractivity contribution in [2.24, 2.45) is 0 Å². The van der Waals surface area contributed by atoms with Crippen LogP contribution in [0.5, 0.6) is 5.75 Å². The number of anilines is 1. The lowest BCUT2D eigenvalue weighted by Gasteiger charge is -2.07. The molecule has 0 spiro atoms. The highest BCUT2D eigenvalue weighted by atomic mass is 32.2. The van der Waals surface area contributed by atoms with Gasteiger partial charge in [-0.05, 0) is 18.6 Å². The molecule has 7 nitrogen and oxygen atoms in total. The van der Waals surface area contributed by atoms with Gasteiger partial charge in [-0.15, -0.1) is 5.10 Å². The number of nitrogens with zero attached hydrogens (tertiary/aromatic N) is 2. The quantitative estimate of drug-likeness (QED) is 0.758. The molecule has 0 radical (unpaired) electrons. The maximum Gasteiger partial charge on any atom is 0.343 e. The molecule has 0 atom stereocenters. The van der Waals surface area contributed by atoms with Crippen LogP contribution in [0.2, 0.25) is 0 Å².